The molecule has 1 heterocycles. The first kappa shape index (κ1) is 5.93. The maximum atomic E-state index is 4.93. The Bertz CT molecular complexity index is 162. The van der Waals surface area contributed by atoms with Gasteiger partial charge in [-0.2, -0.15) is 10.6 Å². The highest BCUT2D eigenvalue weighted by Gasteiger charge is 1.84. The standard InChI is InChI=1S/C4H7N5/c5-9-8-4-2-1-3-6-7-4/h1-3,9H,5H2,(H,7,8). The molecule has 1 aromatic heterocycles. The van der Waals surface area contributed by atoms with Gasteiger partial charge in [0.1, 0.15) is 0 Å². The van der Waals surface area contributed by atoms with E-state index in [0.29, 0.717) is 5.82 Å². The van der Waals surface area contributed by atoms with E-state index in [1.54, 1.807) is 18.3 Å². The van der Waals surface area contributed by atoms with Crippen LogP contribution in [0.3, 0.4) is 0 Å². The largest absolute Gasteiger partial charge is 0.291 e. The summed E-state index contributed by atoms with van der Waals surface area (Å²) in [6.45, 7) is 0. The molecule has 0 saturated heterocycles. The number of nitrogens with one attached hydrogen (secondary N) is 2. The van der Waals surface area contributed by atoms with Crippen molar-refractivity contribution in [1.29, 1.82) is 0 Å². The first-order chi connectivity index (χ1) is 4.43. The van der Waals surface area contributed by atoms with Crippen LogP contribution in [0.25, 0.3) is 0 Å². The van der Waals surface area contributed by atoms with Crippen molar-refractivity contribution >= 4 is 5.82 Å². The molecular formula is C4H7N5. The number of nitrogens with two attached hydrogens (primary N) is 1. The normalized spacial score (nSPS) is 9.00. The van der Waals surface area contributed by atoms with E-state index < -0.39 is 0 Å². The van der Waals surface area contributed by atoms with Gasteiger partial charge in [-0.1, -0.05) is 0 Å². The minimum Gasteiger partial charge on any atom is -0.291 e. The molecule has 5 nitrogen and oxygen atoms in total. The predicted octanol–water partition coefficient (Wildman–Crippen LogP) is -0.733. The molecule has 48 valence electrons. The van der Waals surface area contributed by atoms with Gasteiger partial charge in [0, 0.05) is 6.20 Å². The lowest BCUT2D eigenvalue weighted by atomic mass is 10.5. The Morgan fingerprint density at radius 2 is 2.44 bits per heavy atom. The van der Waals surface area contributed by atoms with E-state index >= 15 is 0 Å². The Morgan fingerprint density at radius 3 is 3.00 bits per heavy atom. The average molecular weight is 125 g/mol. The summed E-state index contributed by atoms with van der Waals surface area (Å²) in [5, 5.41) is 7.26. The van der Waals surface area contributed by atoms with E-state index in [1.165, 1.54) is 0 Å². The van der Waals surface area contributed by atoms with Crippen molar-refractivity contribution in [2.75, 3.05) is 5.43 Å². The summed E-state index contributed by atoms with van der Waals surface area (Å²) in [5.41, 5.74) is 4.79. The van der Waals surface area contributed by atoms with E-state index in [9.17, 15) is 0 Å². The minimum atomic E-state index is 0.597. The Labute approximate surface area is 52.2 Å². The molecular weight excluding hydrogens is 118 g/mol. The van der Waals surface area contributed by atoms with Crippen molar-refractivity contribution in [3.05, 3.63) is 18.3 Å². The van der Waals surface area contributed by atoms with Crippen LogP contribution < -0.4 is 16.8 Å². The molecule has 1 aromatic rings. The fourth-order valence-electron chi connectivity index (χ4n) is 0.442. The van der Waals surface area contributed by atoms with Crippen LogP contribution in [0.15, 0.2) is 18.3 Å². The number of aromatic nitrogens is 2. The zero-order chi connectivity index (χ0) is 6.53. The molecule has 1 rings (SSSR count). The summed E-state index contributed by atoms with van der Waals surface area (Å²) in [5.74, 6) is 5.53. The summed E-state index contributed by atoms with van der Waals surface area (Å²) >= 11 is 0. The van der Waals surface area contributed by atoms with Crippen molar-refractivity contribution in [2.45, 2.75) is 0 Å². The number of hydrazine groups is 2. The molecule has 0 saturated carbocycles. The summed E-state index contributed by atoms with van der Waals surface area (Å²) in [4.78, 5) is 0. The van der Waals surface area contributed by atoms with Crippen LogP contribution in [0.4, 0.5) is 5.82 Å². The van der Waals surface area contributed by atoms with Crippen LogP contribution in [0.2, 0.25) is 0 Å². The SMILES string of the molecule is NNNc1cccnn1. The molecule has 0 aliphatic carbocycles. The quantitative estimate of drug-likeness (QED) is 0.359. The van der Waals surface area contributed by atoms with Gasteiger partial charge in [-0.15, -0.1) is 5.10 Å². The van der Waals surface area contributed by atoms with E-state index in [0.717, 1.165) is 0 Å². The second kappa shape index (κ2) is 2.95. The molecule has 0 amide bonds. The van der Waals surface area contributed by atoms with Crippen LogP contribution in [-0.2, 0) is 0 Å². The Balaban J connectivity index is 2.61. The fourth-order valence-corrected chi connectivity index (χ4v) is 0.442. The molecule has 0 spiro atoms. The Kier molecular flexibility index (Phi) is 1.95. The maximum Gasteiger partial charge on any atom is 0.163 e. The summed E-state index contributed by atoms with van der Waals surface area (Å²) in [6, 6.07) is 3.50. The molecule has 0 aliphatic heterocycles. The van der Waals surface area contributed by atoms with Gasteiger partial charge in [0.25, 0.3) is 0 Å². The third-order valence-electron chi connectivity index (χ3n) is 0.773. The number of hydrogen-bond donors (Lipinski definition) is 3. The molecule has 0 fully saturated rings. The summed E-state index contributed by atoms with van der Waals surface area (Å²) in [6.07, 6.45) is 1.59. The van der Waals surface area contributed by atoms with Crippen LogP contribution in [0, 0.1) is 0 Å². The Hall–Kier alpha value is -1.20. The molecule has 0 atom stereocenters. The average Bonchev–Trinajstić information content (AvgIpc) is 1.91. The van der Waals surface area contributed by atoms with E-state index in [-0.39, 0.29) is 0 Å². The van der Waals surface area contributed by atoms with Crippen LogP contribution in [0.5, 0.6) is 0 Å². The molecule has 0 radical (unpaired) electrons. The molecule has 5 heteroatoms. The van der Waals surface area contributed by atoms with Crippen molar-refractivity contribution in [1.82, 2.24) is 15.7 Å². The minimum absolute atomic E-state index is 0.597. The zero-order valence-electron chi connectivity index (χ0n) is 4.70. The topological polar surface area (TPSA) is 75.9 Å². The van der Waals surface area contributed by atoms with Gasteiger partial charge < -0.3 is 0 Å². The smallest absolute Gasteiger partial charge is 0.163 e. The predicted molar refractivity (Wildman–Crippen MR) is 33.0 cm³/mol. The highest BCUT2D eigenvalue weighted by atomic mass is 15.5. The van der Waals surface area contributed by atoms with Gasteiger partial charge in [0.15, 0.2) is 5.82 Å². The molecule has 4 N–H and O–H groups in total. The molecule has 9 heavy (non-hydrogen) atoms. The van der Waals surface area contributed by atoms with Gasteiger partial charge in [-0.3, -0.25) is 11.3 Å². The van der Waals surface area contributed by atoms with Crippen molar-refractivity contribution in [2.24, 2.45) is 5.84 Å². The molecule has 0 aromatic carbocycles. The lowest BCUT2D eigenvalue weighted by Crippen LogP contribution is -2.29. The van der Waals surface area contributed by atoms with Gasteiger partial charge in [0.05, 0.1) is 0 Å². The Morgan fingerprint density at radius 1 is 1.56 bits per heavy atom. The van der Waals surface area contributed by atoms with Crippen molar-refractivity contribution < 1.29 is 0 Å². The second-order valence-electron chi connectivity index (χ2n) is 1.38. The zero-order valence-corrected chi connectivity index (χ0v) is 4.70. The number of rotatable bonds is 2. The van der Waals surface area contributed by atoms with Crippen LogP contribution in [0.1, 0.15) is 0 Å². The molecule has 0 bridgehead atoms. The van der Waals surface area contributed by atoms with Crippen molar-refractivity contribution in [3.63, 3.8) is 0 Å². The van der Waals surface area contributed by atoms with Gasteiger partial charge >= 0.3 is 0 Å². The highest BCUT2D eigenvalue weighted by molar-refractivity contribution is 5.29. The lowest BCUT2D eigenvalue weighted by molar-refractivity contribution is 0.851. The van der Waals surface area contributed by atoms with Crippen LogP contribution in [-0.4, -0.2) is 10.2 Å². The monoisotopic (exact) mass is 125 g/mol. The van der Waals surface area contributed by atoms with E-state index in [2.05, 4.69) is 21.2 Å². The van der Waals surface area contributed by atoms with E-state index in [1.807, 2.05) is 0 Å². The van der Waals surface area contributed by atoms with Crippen LogP contribution >= 0.6 is 0 Å². The third kappa shape index (κ3) is 1.63. The first-order valence-corrected chi connectivity index (χ1v) is 2.43. The summed E-state index contributed by atoms with van der Waals surface area (Å²) < 4.78 is 0. The molecule has 0 unspecified atom stereocenters. The van der Waals surface area contributed by atoms with Gasteiger partial charge in [-0.05, 0) is 12.1 Å². The summed E-state index contributed by atoms with van der Waals surface area (Å²) in [7, 11) is 0. The number of nitrogens with zero attached hydrogens (tertiary/aromatic N) is 2. The number of hydrogen-bond acceptors (Lipinski definition) is 5. The second-order valence-corrected chi connectivity index (χ2v) is 1.38. The highest BCUT2D eigenvalue weighted by Crippen LogP contribution is 1.92. The van der Waals surface area contributed by atoms with Crippen molar-refractivity contribution in [3.8, 4) is 0 Å². The molecule has 0 aliphatic rings. The lowest BCUT2D eigenvalue weighted by Gasteiger charge is -1.98. The fraction of sp³-hybridized carbons (Fsp3) is 0. The van der Waals surface area contributed by atoms with Gasteiger partial charge in [-0.25, -0.2) is 0 Å². The third-order valence-corrected chi connectivity index (χ3v) is 0.773. The van der Waals surface area contributed by atoms with Gasteiger partial charge in [0.2, 0.25) is 0 Å². The maximum absolute atomic E-state index is 4.93. The van der Waals surface area contributed by atoms with E-state index in [4.69, 9.17) is 5.84 Å². The first-order valence-electron chi connectivity index (χ1n) is 2.43. The number of anilines is 1.